The summed E-state index contributed by atoms with van der Waals surface area (Å²) in [5.41, 5.74) is 1.10. The second kappa shape index (κ2) is 7.78. The summed E-state index contributed by atoms with van der Waals surface area (Å²) in [4.78, 5) is 6.59. The summed E-state index contributed by atoms with van der Waals surface area (Å²) in [6, 6.07) is 8.31. The molecule has 3 heterocycles. The lowest BCUT2D eigenvalue weighted by molar-refractivity contribution is -0.0563. The molecule has 2 unspecified atom stereocenters. The fraction of sp³-hybridized carbons (Fsp3) is 0.550. The Balaban J connectivity index is 1.39. The van der Waals surface area contributed by atoms with E-state index in [-0.39, 0.29) is 5.60 Å². The molecule has 2 fully saturated rings. The average Bonchev–Trinajstić information content (AvgIpc) is 3.25. The second-order valence-corrected chi connectivity index (χ2v) is 7.43. The average molecular weight is 357 g/mol. The van der Waals surface area contributed by atoms with Gasteiger partial charge in [0.1, 0.15) is 11.4 Å². The minimum Gasteiger partial charge on any atom is -0.497 e. The third-order valence-corrected chi connectivity index (χ3v) is 5.31. The Morgan fingerprint density at radius 2 is 2.19 bits per heavy atom. The van der Waals surface area contributed by atoms with E-state index in [9.17, 15) is 0 Å². The van der Waals surface area contributed by atoms with Crippen LogP contribution in [0.2, 0.25) is 0 Å². The molecule has 1 aromatic heterocycles. The lowest BCUT2D eigenvalue weighted by atomic mass is 9.94. The van der Waals surface area contributed by atoms with Crippen LogP contribution in [-0.4, -0.2) is 60.1 Å². The number of hydrogen-bond donors (Lipinski definition) is 0. The maximum atomic E-state index is 6.31. The predicted molar refractivity (Wildman–Crippen MR) is 98.1 cm³/mol. The highest BCUT2D eigenvalue weighted by molar-refractivity contribution is 5.27. The van der Waals surface area contributed by atoms with Crippen LogP contribution in [0.4, 0.5) is 0 Å². The van der Waals surface area contributed by atoms with Crippen LogP contribution in [0.5, 0.6) is 5.75 Å². The van der Waals surface area contributed by atoms with Crippen molar-refractivity contribution in [2.24, 2.45) is 5.92 Å². The first-order chi connectivity index (χ1) is 12.7. The first kappa shape index (κ1) is 17.5. The summed E-state index contributed by atoms with van der Waals surface area (Å²) in [6.45, 7) is 5.95. The monoisotopic (exact) mass is 357 g/mol. The van der Waals surface area contributed by atoms with Gasteiger partial charge in [0.25, 0.3) is 0 Å². The molecule has 4 rings (SSSR count). The third-order valence-electron chi connectivity index (χ3n) is 5.31. The number of aromatic nitrogens is 2. The molecule has 2 aliphatic heterocycles. The highest BCUT2D eigenvalue weighted by atomic mass is 16.5. The van der Waals surface area contributed by atoms with Gasteiger partial charge in [0.15, 0.2) is 0 Å². The van der Waals surface area contributed by atoms with Gasteiger partial charge in [-0.1, -0.05) is 12.1 Å². The lowest BCUT2D eigenvalue weighted by Crippen LogP contribution is -2.43. The van der Waals surface area contributed by atoms with Crippen molar-refractivity contribution in [1.29, 1.82) is 0 Å². The van der Waals surface area contributed by atoms with Crippen molar-refractivity contribution in [2.75, 3.05) is 40.0 Å². The lowest BCUT2D eigenvalue weighted by Gasteiger charge is -2.31. The van der Waals surface area contributed by atoms with E-state index in [2.05, 4.69) is 26.6 Å². The number of hydrogen-bond acceptors (Lipinski definition) is 5. The van der Waals surface area contributed by atoms with Crippen LogP contribution in [0, 0.1) is 5.92 Å². The van der Waals surface area contributed by atoms with Crippen molar-refractivity contribution in [1.82, 2.24) is 14.5 Å². The molecule has 2 aromatic rings. The van der Waals surface area contributed by atoms with Crippen molar-refractivity contribution in [3.63, 3.8) is 0 Å². The summed E-state index contributed by atoms with van der Waals surface area (Å²) < 4.78 is 19.6. The fourth-order valence-corrected chi connectivity index (χ4v) is 4.07. The van der Waals surface area contributed by atoms with Crippen LogP contribution in [0.25, 0.3) is 0 Å². The fourth-order valence-electron chi connectivity index (χ4n) is 4.07. The number of imidazole rings is 1. The van der Waals surface area contributed by atoms with E-state index in [1.807, 2.05) is 30.9 Å². The molecule has 0 N–H and O–H groups in total. The van der Waals surface area contributed by atoms with Crippen LogP contribution in [0.15, 0.2) is 43.0 Å². The highest BCUT2D eigenvalue weighted by Crippen LogP contribution is 2.34. The standard InChI is InChI=1S/C20H27N3O3/c1-24-19-4-2-17(3-5-19)11-22-8-9-25-15-20(14-22)10-18(13-26-20)12-23-7-6-21-16-23/h2-7,16,18H,8-15H2,1H3. The zero-order chi connectivity index (χ0) is 17.8. The van der Waals surface area contributed by atoms with Gasteiger partial charge in [-0.15, -0.1) is 0 Å². The second-order valence-electron chi connectivity index (χ2n) is 7.43. The minimum absolute atomic E-state index is 0.186. The van der Waals surface area contributed by atoms with Gasteiger partial charge < -0.3 is 18.8 Å². The van der Waals surface area contributed by atoms with E-state index in [1.54, 1.807) is 7.11 Å². The van der Waals surface area contributed by atoms with Crippen LogP contribution in [-0.2, 0) is 22.6 Å². The Kier molecular flexibility index (Phi) is 5.24. The molecule has 0 saturated carbocycles. The van der Waals surface area contributed by atoms with Gasteiger partial charge in [-0.2, -0.15) is 0 Å². The van der Waals surface area contributed by atoms with Gasteiger partial charge in [0.05, 0.1) is 33.3 Å². The van der Waals surface area contributed by atoms with Crippen molar-refractivity contribution < 1.29 is 14.2 Å². The van der Waals surface area contributed by atoms with Crippen molar-refractivity contribution in [3.05, 3.63) is 48.5 Å². The van der Waals surface area contributed by atoms with Crippen LogP contribution in [0.1, 0.15) is 12.0 Å². The maximum Gasteiger partial charge on any atom is 0.118 e. The van der Waals surface area contributed by atoms with E-state index in [1.165, 1.54) is 5.56 Å². The van der Waals surface area contributed by atoms with Gasteiger partial charge in [-0.25, -0.2) is 4.98 Å². The van der Waals surface area contributed by atoms with Crippen LogP contribution in [0.3, 0.4) is 0 Å². The van der Waals surface area contributed by atoms with E-state index < -0.39 is 0 Å². The van der Waals surface area contributed by atoms with Gasteiger partial charge >= 0.3 is 0 Å². The van der Waals surface area contributed by atoms with Crippen molar-refractivity contribution >= 4 is 0 Å². The van der Waals surface area contributed by atoms with Crippen molar-refractivity contribution in [2.45, 2.75) is 25.1 Å². The first-order valence-electron chi connectivity index (χ1n) is 9.27. The Bertz CT molecular complexity index is 689. The van der Waals surface area contributed by atoms with E-state index >= 15 is 0 Å². The molecule has 1 spiro atoms. The smallest absolute Gasteiger partial charge is 0.118 e. The molecule has 140 valence electrons. The number of benzene rings is 1. The third kappa shape index (κ3) is 4.09. The number of ether oxygens (including phenoxy) is 3. The molecule has 0 aliphatic carbocycles. The Labute approximate surface area is 154 Å². The Morgan fingerprint density at radius 3 is 2.96 bits per heavy atom. The normalized spacial score (nSPS) is 26.9. The van der Waals surface area contributed by atoms with E-state index in [0.29, 0.717) is 12.5 Å². The molecule has 1 aromatic carbocycles. The van der Waals surface area contributed by atoms with Gasteiger partial charge in [0, 0.05) is 44.5 Å². The summed E-state index contributed by atoms with van der Waals surface area (Å²) in [5, 5.41) is 0. The quantitative estimate of drug-likeness (QED) is 0.821. The van der Waals surface area contributed by atoms with E-state index in [4.69, 9.17) is 14.2 Å². The topological polar surface area (TPSA) is 48.8 Å². The SMILES string of the molecule is COc1ccc(CN2CCOCC3(CC(Cn4ccnc4)CO3)C2)cc1. The molecule has 6 nitrogen and oxygen atoms in total. The van der Waals surface area contributed by atoms with Gasteiger partial charge in [0.2, 0.25) is 0 Å². The number of rotatable bonds is 5. The van der Waals surface area contributed by atoms with Gasteiger partial charge in [-0.3, -0.25) is 4.90 Å². The largest absolute Gasteiger partial charge is 0.497 e. The molecular formula is C20H27N3O3. The Hall–Kier alpha value is -1.89. The Morgan fingerprint density at radius 1 is 1.31 bits per heavy atom. The predicted octanol–water partition coefficient (Wildman–Crippen LogP) is 2.20. The molecule has 2 atom stereocenters. The molecule has 26 heavy (non-hydrogen) atoms. The molecular weight excluding hydrogens is 330 g/mol. The number of nitrogens with zero attached hydrogens (tertiary/aromatic N) is 3. The molecule has 2 saturated heterocycles. The summed E-state index contributed by atoms with van der Waals surface area (Å²) >= 11 is 0. The molecule has 2 aliphatic rings. The minimum atomic E-state index is -0.186. The van der Waals surface area contributed by atoms with Crippen LogP contribution < -0.4 is 4.74 Å². The van der Waals surface area contributed by atoms with E-state index in [0.717, 1.165) is 51.6 Å². The maximum absolute atomic E-state index is 6.31. The summed E-state index contributed by atoms with van der Waals surface area (Å²) in [7, 11) is 1.70. The van der Waals surface area contributed by atoms with Crippen molar-refractivity contribution in [3.8, 4) is 5.75 Å². The molecule has 0 amide bonds. The van der Waals surface area contributed by atoms with Crippen LogP contribution >= 0.6 is 0 Å². The first-order valence-corrected chi connectivity index (χ1v) is 9.27. The zero-order valence-electron chi connectivity index (χ0n) is 15.3. The molecule has 6 heteroatoms. The number of methoxy groups -OCH3 is 1. The highest BCUT2D eigenvalue weighted by Gasteiger charge is 2.43. The molecule has 0 bridgehead atoms. The summed E-state index contributed by atoms with van der Waals surface area (Å²) in [5.74, 6) is 1.40. The molecule has 0 radical (unpaired) electrons. The zero-order valence-corrected chi connectivity index (χ0v) is 15.3. The van der Waals surface area contributed by atoms with Gasteiger partial charge in [-0.05, 0) is 24.1 Å². The summed E-state index contributed by atoms with van der Waals surface area (Å²) in [6.07, 6.45) is 6.76.